The number of aromatic nitrogens is 1. The average molecular weight is 207 g/mol. The van der Waals surface area contributed by atoms with Gasteiger partial charge in [0.05, 0.1) is 12.2 Å². The van der Waals surface area contributed by atoms with E-state index in [0.717, 1.165) is 24.4 Å². The fourth-order valence-corrected chi connectivity index (χ4v) is 2.70. The zero-order chi connectivity index (χ0) is 9.97. The Balaban J connectivity index is 2.12. The predicted molar refractivity (Wildman–Crippen MR) is 59.4 cm³/mol. The van der Waals surface area contributed by atoms with Gasteiger partial charge in [0.1, 0.15) is 0 Å². The summed E-state index contributed by atoms with van der Waals surface area (Å²) < 4.78 is 0. The first-order chi connectivity index (χ1) is 6.79. The van der Waals surface area contributed by atoms with Gasteiger partial charge in [-0.2, -0.15) is 0 Å². The van der Waals surface area contributed by atoms with Crippen LogP contribution in [-0.2, 0) is 12.8 Å². The maximum atomic E-state index is 5.89. The summed E-state index contributed by atoms with van der Waals surface area (Å²) in [5, 5.41) is 4.03. The van der Waals surface area contributed by atoms with Crippen LogP contribution in [0.3, 0.4) is 0 Å². The fraction of sp³-hybridized carbons (Fsp3) is 0.500. The number of fused-ring (bicyclic) bond motifs is 1. The van der Waals surface area contributed by atoms with E-state index in [-0.39, 0.29) is 0 Å². The summed E-state index contributed by atoms with van der Waals surface area (Å²) in [7, 11) is 0. The van der Waals surface area contributed by atoms with Gasteiger partial charge >= 0.3 is 0 Å². The predicted octanol–water partition coefficient (Wildman–Crippen LogP) is 1.00. The van der Waals surface area contributed by atoms with E-state index < -0.39 is 0 Å². The van der Waals surface area contributed by atoms with E-state index in [9.17, 15) is 0 Å². The Morgan fingerprint density at radius 2 is 2.57 bits per heavy atom. The lowest BCUT2D eigenvalue weighted by Crippen LogP contribution is -2.26. The Bertz CT molecular complexity index is 364. The minimum atomic E-state index is 0.309. The van der Waals surface area contributed by atoms with Gasteiger partial charge in [0.2, 0.25) is 0 Å². The summed E-state index contributed by atoms with van der Waals surface area (Å²) in [5.41, 5.74) is 7.09. The molecule has 1 aromatic heterocycles. The standard InChI is InChI=1S/C10H13N3S/c1-2-5-12-10-13-8-4-3-7(11)6-9(8)14-10/h1,7H,3-6,11H2,(H,12,13). The van der Waals surface area contributed by atoms with Crippen molar-refractivity contribution in [1.29, 1.82) is 0 Å². The molecule has 2 rings (SSSR count). The fourth-order valence-electron chi connectivity index (χ4n) is 1.60. The molecule has 1 unspecified atom stereocenters. The largest absolute Gasteiger partial charge is 0.351 e. The summed E-state index contributed by atoms with van der Waals surface area (Å²) >= 11 is 1.68. The van der Waals surface area contributed by atoms with Crippen LogP contribution in [0.15, 0.2) is 0 Å². The van der Waals surface area contributed by atoms with Crippen molar-refractivity contribution < 1.29 is 0 Å². The topological polar surface area (TPSA) is 50.9 Å². The zero-order valence-electron chi connectivity index (χ0n) is 7.92. The summed E-state index contributed by atoms with van der Waals surface area (Å²) in [6.07, 6.45) is 8.18. The van der Waals surface area contributed by atoms with Crippen molar-refractivity contribution in [2.45, 2.75) is 25.3 Å². The van der Waals surface area contributed by atoms with Gasteiger partial charge < -0.3 is 11.1 Å². The molecule has 74 valence electrons. The van der Waals surface area contributed by atoms with Gasteiger partial charge in [0.15, 0.2) is 5.13 Å². The Labute approximate surface area is 87.7 Å². The Kier molecular flexibility index (Phi) is 2.71. The van der Waals surface area contributed by atoms with Gasteiger partial charge in [0, 0.05) is 10.9 Å². The maximum absolute atomic E-state index is 5.89. The van der Waals surface area contributed by atoms with Crippen LogP contribution in [0.5, 0.6) is 0 Å². The molecule has 3 nitrogen and oxygen atoms in total. The molecule has 0 aromatic carbocycles. The molecular weight excluding hydrogens is 194 g/mol. The molecule has 1 aliphatic rings. The summed E-state index contributed by atoms with van der Waals surface area (Å²) in [6, 6.07) is 0.309. The Morgan fingerprint density at radius 3 is 3.36 bits per heavy atom. The maximum Gasteiger partial charge on any atom is 0.183 e. The van der Waals surface area contributed by atoms with E-state index >= 15 is 0 Å². The highest BCUT2D eigenvalue weighted by molar-refractivity contribution is 7.15. The van der Waals surface area contributed by atoms with Gasteiger partial charge in [-0.25, -0.2) is 4.98 Å². The highest BCUT2D eigenvalue weighted by atomic mass is 32.1. The number of terminal acetylenes is 1. The van der Waals surface area contributed by atoms with E-state index in [1.807, 2.05) is 0 Å². The van der Waals surface area contributed by atoms with E-state index in [1.165, 1.54) is 10.6 Å². The van der Waals surface area contributed by atoms with Crippen LogP contribution in [0.4, 0.5) is 5.13 Å². The van der Waals surface area contributed by atoms with Crippen LogP contribution in [-0.4, -0.2) is 17.6 Å². The van der Waals surface area contributed by atoms with Crippen molar-refractivity contribution in [3.63, 3.8) is 0 Å². The number of rotatable bonds is 2. The number of nitrogens with zero attached hydrogens (tertiary/aromatic N) is 1. The van der Waals surface area contributed by atoms with Gasteiger partial charge in [0.25, 0.3) is 0 Å². The highest BCUT2D eigenvalue weighted by Gasteiger charge is 2.19. The molecule has 1 aliphatic carbocycles. The van der Waals surface area contributed by atoms with Crippen LogP contribution >= 0.6 is 11.3 Å². The van der Waals surface area contributed by atoms with Crippen molar-refractivity contribution in [3.05, 3.63) is 10.6 Å². The van der Waals surface area contributed by atoms with E-state index in [1.54, 1.807) is 11.3 Å². The lowest BCUT2D eigenvalue weighted by Gasteiger charge is -2.15. The first kappa shape index (κ1) is 9.50. The summed E-state index contributed by atoms with van der Waals surface area (Å²) in [4.78, 5) is 5.80. The Hall–Kier alpha value is -1.05. The van der Waals surface area contributed by atoms with Crippen LogP contribution < -0.4 is 11.1 Å². The number of nitrogens with one attached hydrogen (secondary N) is 1. The number of thiazole rings is 1. The van der Waals surface area contributed by atoms with Crippen LogP contribution in [0.25, 0.3) is 0 Å². The molecule has 3 N–H and O–H groups in total. The molecule has 1 atom stereocenters. The molecule has 0 spiro atoms. The number of hydrogen-bond acceptors (Lipinski definition) is 4. The molecule has 0 radical (unpaired) electrons. The normalized spacial score (nSPS) is 19.9. The molecule has 14 heavy (non-hydrogen) atoms. The third-order valence-corrected chi connectivity index (χ3v) is 3.40. The molecule has 0 saturated heterocycles. The minimum Gasteiger partial charge on any atom is -0.351 e. The van der Waals surface area contributed by atoms with E-state index in [4.69, 9.17) is 12.2 Å². The molecule has 1 aromatic rings. The molecule has 4 heteroatoms. The Morgan fingerprint density at radius 1 is 1.71 bits per heavy atom. The first-order valence-corrected chi connectivity index (χ1v) is 5.52. The lowest BCUT2D eigenvalue weighted by atomic mass is 9.99. The molecular formula is C10H13N3S. The molecule has 0 bridgehead atoms. The van der Waals surface area contributed by atoms with Crippen molar-refractivity contribution in [2.75, 3.05) is 11.9 Å². The SMILES string of the molecule is C#CCNc1nc2c(s1)CC(N)CC2. The second-order valence-corrected chi connectivity index (χ2v) is 4.53. The quantitative estimate of drug-likeness (QED) is 0.711. The molecule has 0 saturated carbocycles. The van der Waals surface area contributed by atoms with Crippen LogP contribution in [0.2, 0.25) is 0 Å². The average Bonchev–Trinajstić information content (AvgIpc) is 2.56. The van der Waals surface area contributed by atoms with Crippen molar-refractivity contribution in [1.82, 2.24) is 4.98 Å². The van der Waals surface area contributed by atoms with Crippen molar-refractivity contribution >= 4 is 16.5 Å². The molecule has 1 heterocycles. The number of aryl methyl sites for hydroxylation is 1. The van der Waals surface area contributed by atoms with Crippen molar-refractivity contribution in [2.24, 2.45) is 5.73 Å². The van der Waals surface area contributed by atoms with Gasteiger partial charge in [-0.3, -0.25) is 0 Å². The monoisotopic (exact) mass is 207 g/mol. The van der Waals surface area contributed by atoms with Crippen LogP contribution in [0.1, 0.15) is 17.0 Å². The minimum absolute atomic E-state index is 0.309. The van der Waals surface area contributed by atoms with E-state index in [2.05, 4.69) is 16.2 Å². The second kappa shape index (κ2) is 3.99. The summed E-state index contributed by atoms with van der Waals surface area (Å²) in [5.74, 6) is 2.54. The van der Waals surface area contributed by atoms with Crippen LogP contribution in [0, 0.1) is 12.3 Å². The smallest absolute Gasteiger partial charge is 0.183 e. The number of hydrogen-bond donors (Lipinski definition) is 2. The van der Waals surface area contributed by atoms with Gasteiger partial charge in [-0.05, 0) is 19.3 Å². The van der Waals surface area contributed by atoms with Gasteiger partial charge in [-0.1, -0.05) is 5.92 Å². The lowest BCUT2D eigenvalue weighted by molar-refractivity contribution is 0.576. The zero-order valence-corrected chi connectivity index (χ0v) is 8.73. The summed E-state index contributed by atoms with van der Waals surface area (Å²) in [6.45, 7) is 0.540. The third-order valence-electron chi connectivity index (χ3n) is 2.32. The highest BCUT2D eigenvalue weighted by Crippen LogP contribution is 2.28. The molecule has 0 fully saturated rings. The number of anilines is 1. The van der Waals surface area contributed by atoms with E-state index in [0.29, 0.717) is 12.6 Å². The van der Waals surface area contributed by atoms with Crippen molar-refractivity contribution in [3.8, 4) is 12.3 Å². The first-order valence-electron chi connectivity index (χ1n) is 4.71. The molecule has 0 aliphatic heterocycles. The second-order valence-electron chi connectivity index (χ2n) is 3.45. The molecule has 0 amide bonds. The van der Waals surface area contributed by atoms with Gasteiger partial charge in [-0.15, -0.1) is 17.8 Å². The third kappa shape index (κ3) is 1.89. The number of nitrogens with two attached hydrogens (primary N) is 1.